The molecule has 0 aliphatic rings. The molecule has 0 saturated carbocycles. The Hall–Kier alpha value is -1.03. The second-order valence-electron chi connectivity index (χ2n) is 4.03. The molecule has 1 atom stereocenters. The van der Waals surface area contributed by atoms with Crippen LogP contribution in [0, 0.1) is 5.82 Å². The second kappa shape index (κ2) is 6.05. The first-order valence-corrected chi connectivity index (χ1v) is 5.86. The van der Waals surface area contributed by atoms with Crippen molar-refractivity contribution < 1.29 is 13.2 Å². The molecule has 0 radical (unpaired) electrons. The van der Waals surface area contributed by atoms with Crippen LogP contribution in [0.3, 0.4) is 0 Å². The fourth-order valence-electron chi connectivity index (χ4n) is 1.93. The van der Waals surface area contributed by atoms with E-state index in [1.54, 1.807) is 13.0 Å². The minimum Gasteiger partial charge on any atom is -0.303 e. The first-order valence-electron chi connectivity index (χ1n) is 5.86. The number of nitrogens with one attached hydrogen (secondary N) is 1. The van der Waals surface area contributed by atoms with Crippen LogP contribution in [0.2, 0.25) is 0 Å². The van der Waals surface area contributed by atoms with Gasteiger partial charge in [0.15, 0.2) is 0 Å². The van der Waals surface area contributed by atoms with Crippen molar-refractivity contribution in [3.8, 4) is 0 Å². The summed E-state index contributed by atoms with van der Waals surface area (Å²) < 4.78 is 40.3. The minimum absolute atomic E-state index is 0.0472. The number of benzene rings is 1. The van der Waals surface area contributed by atoms with Crippen molar-refractivity contribution >= 4 is 0 Å². The summed E-state index contributed by atoms with van der Waals surface area (Å²) in [5.41, 5.74) is -1.53. The van der Waals surface area contributed by atoms with Gasteiger partial charge in [-0.25, -0.2) is 13.2 Å². The van der Waals surface area contributed by atoms with Crippen molar-refractivity contribution in [1.82, 2.24) is 5.32 Å². The first-order chi connectivity index (χ1) is 8.08. The van der Waals surface area contributed by atoms with Gasteiger partial charge in [-0.1, -0.05) is 32.0 Å². The van der Waals surface area contributed by atoms with E-state index in [0.29, 0.717) is 6.54 Å². The van der Waals surface area contributed by atoms with Crippen LogP contribution in [0.25, 0.3) is 0 Å². The van der Waals surface area contributed by atoms with Crippen molar-refractivity contribution in [2.45, 2.75) is 38.7 Å². The van der Waals surface area contributed by atoms with Gasteiger partial charge in [0.05, 0.1) is 0 Å². The molecule has 1 N–H and O–H groups in total. The summed E-state index contributed by atoms with van der Waals surface area (Å²) in [7, 11) is 0. The number of halogens is 3. The summed E-state index contributed by atoms with van der Waals surface area (Å²) in [6, 6.07) is 5.73. The first kappa shape index (κ1) is 14.0. The van der Waals surface area contributed by atoms with Crippen LogP contribution in [-0.2, 0) is 5.54 Å². The average Bonchev–Trinajstić information content (AvgIpc) is 2.32. The molecule has 17 heavy (non-hydrogen) atoms. The van der Waals surface area contributed by atoms with E-state index in [0.717, 1.165) is 6.42 Å². The number of rotatable bonds is 6. The standard InChI is InChI=1S/C13H18F3N/c1-3-9-17-13(4-2,12(15)16)10-7-5-6-8-11(10)14/h5-8,12,17H,3-4,9H2,1-2H3. The third-order valence-corrected chi connectivity index (χ3v) is 2.98. The van der Waals surface area contributed by atoms with E-state index < -0.39 is 17.8 Å². The Balaban J connectivity index is 3.17. The Labute approximate surface area is 100 Å². The summed E-state index contributed by atoms with van der Waals surface area (Å²) in [6.45, 7) is 3.97. The van der Waals surface area contributed by atoms with Gasteiger partial charge in [-0.2, -0.15) is 0 Å². The highest BCUT2D eigenvalue weighted by Gasteiger charge is 2.41. The predicted molar refractivity (Wildman–Crippen MR) is 62.7 cm³/mol. The van der Waals surface area contributed by atoms with Crippen LogP contribution >= 0.6 is 0 Å². The van der Waals surface area contributed by atoms with Gasteiger partial charge in [-0.15, -0.1) is 0 Å². The van der Waals surface area contributed by atoms with E-state index in [1.807, 2.05) is 6.92 Å². The quantitative estimate of drug-likeness (QED) is 0.805. The third kappa shape index (κ3) is 2.80. The van der Waals surface area contributed by atoms with Crippen molar-refractivity contribution in [2.24, 2.45) is 0 Å². The normalized spacial score (nSPS) is 14.9. The average molecular weight is 245 g/mol. The molecule has 0 saturated heterocycles. The fourth-order valence-corrected chi connectivity index (χ4v) is 1.93. The van der Waals surface area contributed by atoms with Crippen molar-refractivity contribution in [1.29, 1.82) is 0 Å². The van der Waals surface area contributed by atoms with Crippen LogP contribution in [0.1, 0.15) is 32.3 Å². The Morgan fingerprint density at radius 1 is 1.24 bits per heavy atom. The molecule has 0 fully saturated rings. The Morgan fingerprint density at radius 3 is 2.35 bits per heavy atom. The molecule has 0 aliphatic heterocycles. The van der Waals surface area contributed by atoms with Crippen molar-refractivity contribution in [2.75, 3.05) is 6.54 Å². The van der Waals surface area contributed by atoms with E-state index in [9.17, 15) is 13.2 Å². The molecular weight excluding hydrogens is 227 g/mol. The number of alkyl halides is 2. The lowest BCUT2D eigenvalue weighted by molar-refractivity contribution is 0.0223. The summed E-state index contributed by atoms with van der Waals surface area (Å²) in [5.74, 6) is -0.585. The van der Waals surface area contributed by atoms with Gasteiger partial charge in [-0.05, 0) is 25.5 Å². The topological polar surface area (TPSA) is 12.0 Å². The van der Waals surface area contributed by atoms with Crippen LogP contribution in [0.4, 0.5) is 13.2 Å². The molecule has 96 valence electrons. The molecule has 1 rings (SSSR count). The third-order valence-electron chi connectivity index (χ3n) is 2.98. The molecule has 0 amide bonds. The summed E-state index contributed by atoms with van der Waals surface area (Å²) in [5, 5.41) is 2.80. The molecule has 0 aliphatic carbocycles. The van der Waals surface area contributed by atoms with Crippen molar-refractivity contribution in [3.63, 3.8) is 0 Å². The molecule has 0 aromatic heterocycles. The predicted octanol–water partition coefficient (Wildman–Crippen LogP) is 3.70. The van der Waals surface area contributed by atoms with Gasteiger partial charge in [0.2, 0.25) is 0 Å². The number of hydrogen-bond acceptors (Lipinski definition) is 1. The largest absolute Gasteiger partial charge is 0.303 e. The monoisotopic (exact) mass is 245 g/mol. The maximum atomic E-state index is 13.7. The van der Waals surface area contributed by atoms with Gasteiger partial charge < -0.3 is 5.32 Å². The lowest BCUT2D eigenvalue weighted by Gasteiger charge is -2.34. The zero-order valence-corrected chi connectivity index (χ0v) is 10.1. The van der Waals surface area contributed by atoms with E-state index in [2.05, 4.69) is 5.32 Å². The molecule has 1 unspecified atom stereocenters. The van der Waals surface area contributed by atoms with Gasteiger partial charge in [0.25, 0.3) is 6.43 Å². The maximum Gasteiger partial charge on any atom is 0.260 e. The van der Waals surface area contributed by atoms with Gasteiger partial charge in [0, 0.05) is 5.56 Å². The SMILES string of the molecule is CCCNC(CC)(c1ccccc1F)C(F)F. The molecular formula is C13H18F3N. The van der Waals surface area contributed by atoms with E-state index >= 15 is 0 Å². The van der Waals surface area contributed by atoms with Crippen LogP contribution < -0.4 is 5.32 Å². The molecule has 1 aromatic carbocycles. The Bertz CT molecular complexity index is 354. The zero-order valence-electron chi connectivity index (χ0n) is 10.1. The van der Waals surface area contributed by atoms with Crippen LogP contribution in [-0.4, -0.2) is 13.0 Å². The highest BCUT2D eigenvalue weighted by Crippen LogP contribution is 2.33. The maximum absolute atomic E-state index is 13.7. The lowest BCUT2D eigenvalue weighted by Crippen LogP contribution is -2.49. The highest BCUT2D eigenvalue weighted by molar-refractivity contribution is 5.27. The minimum atomic E-state index is -2.64. The summed E-state index contributed by atoms with van der Waals surface area (Å²) in [6.07, 6.45) is -1.77. The summed E-state index contributed by atoms with van der Waals surface area (Å²) in [4.78, 5) is 0. The smallest absolute Gasteiger partial charge is 0.260 e. The summed E-state index contributed by atoms with van der Waals surface area (Å²) >= 11 is 0. The second-order valence-corrected chi connectivity index (χ2v) is 4.03. The zero-order chi connectivity index (χ0) is 12.9. The molecule has 1 nitrogen and oxygen atoms in total. The molecule has 0 heterocycles. The molecule has 0 bridgehead atoms. The molecule has 4 heteroatoms. The van der Waals surface area contributed by atoms with E-state index in [4.69, 9.17) is 0 Å². The van der Waals surface area contributed by atoms with E-state index in [-0.39, 0.29) is 12.0 Å². The van der Waals surface area contributed by atoms with Crippen molar-refractivity contribution in [3.05, 3.63) is 35.6 Å². The van der Waals surface area contributed by atoms with Gasteiger partial charge in [-0.3, -0.25) is 0 Å². The highest BCUT2D eigenvalue weighted by atomic mass is 19.3. The van der Waals surface area contributed by atoms with Crippen LogP contribution in [0.5, 0.6) is 0 Å². The van der Waals surface area contributed by atoms with E-state index in [1.165, 1.54) is 18.2 Å². The Kier molecular flexibility index (Phi) is 5.00. The fraction of sp³-hybridized carbons (Fsp3) is 0.538. The molecule has 1 aromatic rings. The van der Waals surface area contributed by atoms with Gasteiger partial charge in [0.1, 0.15) is 11.4 Å². The molecule has 0 spiro atoms. The Morgan fingerprint density at radius 2 is 1.88 bits per heavy atom. The van der Waals surface area contributed by atoms with Crippen LogP contribution in [0.15, 0.2) is 24.3 Å². The van der Waals surface area contributed by atoms with Gasteiger partial charge >= 0.3 is 0 Å². The lowest BCUT2D eigenvalue weighted by atomic mass is 9.87. The number of hydrogen-bond donors (Lipinski definition) is 1.